The van der Waals surface area contributed by atoms with E-state index in [2.05, 4.69) is 16.1 Å². The van der Waals surface area contributed by atoms with Crippen molar-refractivity contribution in [2.45, 2.75) is 6.61 Å². The van der Waals surface area contributed by atoms with E-state index in [1.807, 2.05) is 12.1 Å². The molecule has 3 rings (SSSR count). The van der Waals surface area contributed by atoms with Crippen molar-refractivity contribution < 1.29 is 19.1 Å². The highest BCUT2D eigenvalue weighted by molar-refractivity contribution is 7.80. The van der Waals surface area contributed by atoms with Crippen molar-refractivity contribution in [1.82, 2.24) is 10.2 Å². The third-order valence-corrected chi connectivity index (χ3v) is 4.88. The van der Waals surface area contributed by atoms with Crippen LogP contribution in [0.3, 0.4) is 0 Å². The van der Waals surface area contributed by atoms with Crippen LogP contribution in [0.2, 0.25) is 5.02 Å². The summed E-state index contributed by atoms with van der Waals surface area (Å²) in [5, 5.41) is 12.4. The molecule has 30 heavy (non-hydrogen) atoms. The molecule has 0 aromatic heterocycles. The first-order valence-electron chi connectivity index (χ1n) is 8.74. The lowest BCUT2D eigenvalue weighted by Crippen LogP contribution is -2.35. The van der Waals surface area contributed by atoms with Gasteiger partial charge in [0.25, 0.3) is 5.91 Å². The number of rotatable bonds is 6. The predicted octanol–water partition coefficient (Wildman–Crippen LogP) is 3.02. The number of benzene rings is 2. The molecule has 0 aliphatic carbocycles. The summed E-state index contributed by atoms with van der Waals surface area (Å²) in [7, 11) is 1.24. The van der Waals surface area contributed by atoms with Crippen LogP contribution in [0.15, 0.2) is 48.2 Å². The predicted molar refractivity (Wildman–Crippen MR) is 114 cm³/mol. The maximum atomic E-state index is 12.5. The Kier molecular flexibility index (Phi) is 6.67. The number of esters is 1. The highest BCUT2D eigenvalue weighted by Crippen LogP contribution is 2.28. The summed E-state index contributed by atoms with van der Waals surface area (Å²) >= 11 is 11.4. The Morgan fingerprint density at radius 3 is 2.80 bits per heavy atom. The van der Waals surface area contributed by atoms with Gasteiger partial charge in [0.2, 0.25) is 0 Å². The molecular formula is C21H16ClN3O4S. The van der Waals surface area contributed by atoms with Crippen LogP contribution in [0.25, 0.3) is 6.08 Å². The fourth-order valence-corrected chi connectivity index (χ4v) is 3.21. The average molecular weight is 442 g/mol. The number of nitrogens with one attached hydrogen (secondary N) is 1. The number of ether oxygens (including phenoxy) is 2. The molecule has 1 aliphatic rings. The minimum absolute atomic E-state index is 0.124. The molecule has 0 atom stereocenters. The minimum Gasteiger partial charge on any atom is -0.487 e. The molecule has 1 saturated heterocycles. The van der Waals surface area contributed by atoms with Crippen LogP contribution < -0.4 is 10.1 Å². The number of thiocarbonyl (C=S) groups is 1. The third-order valence-electron chi connectivity index (χ3n) is 4.27. The van der Waals surface area contributed by atoms with Crippen LogP contribution in [-0.4, -0.2) is 35.5 Å². The molecule has 9 heteroatoms. The molecule has 1 N–H and O–H groups in total. The highest BCUT2D eigenvalue weighted by Gasteiger charge is 2.32. The number of hydrogen-bond acceptors (Lipinski definition) is 6. The summed E-state index contributed by atoms with van der Waals surface area (Å²) in [5.74, 6) is -0.564. The number of nitrogens with zero attached hydrogens (tertiary/aromatic N) is 2. The summed E-state index contributed by atoms with van der Waals surface area (Å²) in [4.78, 5) is 25.0. The second-order valence-corrected chi connectivity index (χ2v) is 7.00. The van der Waals surface area contributed by atoms with Crippen molar-refractivity contribution in [1.29, 1.82) is 5.26 Å². The lowest BCUT2D eigenvalue weighted by molar-refractivity contribution is -0.143. The van der Waals surface area contributed by atoms with E-state index in [4.69, 9.17) is 33.8 Å². The zero-order chi connectivity index (χ0) is 21.7. The number of carbonyl (C=O) groups is 2. The largest absolute Gasteiger partial charge is 0.487 e. The average Bonchev–Trinajstić information content (AvgIpc) is 3.00. The van der Waals surface area contributed by atoms with E-state index in [0.717, 1.165) is 10.5 Å². The van der Waals surface area contributed by atoms with Gasteiger partial charge in [0.15, 0.2) is 5.11 Å². The topological polar surface area (TPSA) is 91.7 Å². The fourth-order valence-electron chi connectivity index (χ4n) is 2.71. The number of methoxy groups -OCH3 is 1. The van der Waals surface area contributed by atoms with E-state index in [1.54, 1.807) is 36.4 Å². The molecule has 0 bridgehead atoms. The standard InChI is InChI=1S/C21H16ClN3O4S/c1-28-19(26)11-25-20(27)17(24-21(25)30)9-13-6-7-18(16(22)8-13)29-12-15-5-3-2-4-14(15)10-23/h2-9H,11-12H2,1H3,(H,24,30)/b17-9-. The summed E-state index contributed by atoms with van der Waals surface area (Å²) in [6.45, 7) is -0.0725. The Labute approximate surface area is 183 Å². The molecule has 1 fully saturated rings. The molecule has 2 aromatic rings. The van der Waals surface area contributed by atoms with Crippen molar-refractivity contribution in [3.63, 3.8) is 0 Å². The van der Waals surface area contributed by atoms with E-state index in [0.29, 0.717) is 21.9 Å². The van der Waals surface area contributed by atoms with Gasteiger partial charge in [-0.05, 0) is 42.1 Å². The van der Waals surface area contributed by atoms with Crippen molar-refractivity contribution in [3.05, 3.63) is 69.9 Å². The molecule has 7 nitrogen and oxygen atoms in total. The maximum Gasteiger partial charge on any atom is 0.325 e. The molecule has 1 aliphatic heterocycles. The lowest BCUT2D eigenvalue weighted by atomic mass is 10.1. The molecule has 0 spiro atoms. The van der Waals surface area contributed by atoms with Gasteiger partial charge in [0, 0.05) is 5.56 Å². The van der Waals surface area contributed by atoms with E-state index < -0.39 is 11.9 Å². The van der Waals surface area contributed by atoms with Crippen molar-refractivity contribution in [2.75, 3.05) is 13.7 Å². The van der Waals surface area contributed by atoms with Gasteiger partial charge >= 0.3 is 5.97 Å². The van der Waals surface area contributed by atoms with Crippen molar-refractivity contribution in [3.8, 4) is 11.8 Å². The number of halogens is 1. The molecule has 0 radical (unpaired) electrons. The Balaban J connectivity index is 1.72. The van der Waals surface area contributed by atoms with E-state index >= 15 is 0 Å². The van der Waals surface area contributed by atoms with Crippen molar-refractivity contribution >= 4 is 46.9 Å². The van der Waals surface area contributed by atoms with Crippen LogP contribution in [0.1, 0.15) is 16.7 Å². The summed E-state index contributed by atoms with van der Waals surface area (Å²) in [6.07, 6.45) is 1.58. The Bertz CT molecular complexity index is 1090. The lowest BCUT2D eigenvalue weighted by Gasteiger charge is -2.11. The zero-order valence-corrected chi connectivity index (χ0v) is 17.4. The van der Waals surface area contributed by atoms with Gasteiger partial charge in [-0.1, -0.05) is 35.9 Å². The smallest absolute Gasteiger partial charge is 0.325 e. The summed E-state index contributed by atoms with van der Waals surface area (Å²) in [5.41, 5.74) is 2.15. The Morgan fingerprint density at radius 2 is 2.10 bits per heavy atom. The first-order chi connectivity index (χ1) is 14.4. The quantitative estimate of drug-likeness (QED) is 0.418. The third kappa shape index (κ3) is 4.76. The van der Waals surface area contributed by atoms with Crippen LogP contribution in [-0.2, 0) is 20.9 Å². The van der Waals surface area contributed by atoms with Gasteiger partial charge < -0.3 is 14.8 Å². The van der Waals surface area contributed by atoms with Crippen molar-refractivity contribution in [2.24, 2.45) is 0 Å². The Hall–Kier alpha value is -3.41. The minimum atomic E-state index is -0.573. The number of nitriles is 1. The number of amides is 1. The first-order valence-corrected chi connectivity index (χ1v) is 9.53. The second kappa shape index (κ2) is 9.39. The monoisotopic (exact) mass is 441 g/mol. The van der Waals surface area contributed by atoms with Gasteiger partial charge in [-0.15, -0.1) is 0 Å². The number of carbonyl (C=O) groups excluding carboxylic acids is 2. The zero-order valence-electron chi connectivity index (χ0n) is 15.8. The molecular weight excluding hydrogens is 426 g/mol. The number of hydrogen-bond donors (Lipinski definition) is 1. The van der Waals surface area contributed by atoms with Gasteiger partial charge in [0.1, 0.15) is 24.6 Å². The van der Waals surface area contributed by atoms with Gasteiger partial charge in [0.05, 0.1) is 23.8 Å². The molecule has 2 aromatic carbocycles. The van der Waals surface area contributed by atoms with Gasteiger partial charge in [-0.25, -0.2) is 0 Å². The van der Waals surface area contributed by atoms with E-state index in [1.165, 1.54) is 7.11 Å². The normalized spacial score (nSPS) is 14.4. The molecule has 1 heterocycles. The molecule has 0 saturated carbocycles. The van der Waals surface area contributed by atoms with Crippen LogP contribution >= 0.6 is 23.8 Å². The molecule has 1 amide bonds. The SMILES string of the molecule is COC(=O)CN1C(=O)/C(=C/c2ccc(OCc3ccccc3C#N)c(Cl)c2)NC1=S. The molecule has 0 unspecified atom stereocenters. The maximum absolute atomic E-state index is 12.5. The van der Waals surface area contributed by atoms with E-state index in [-0.39, 0.29) is 24.0 Å². The van der Waals surface area contributed by atoms with Gasteiger partial charge in [-0.2, -0.15) is 5.26 Å². The fraction of sp³-hybridized carbons (Fsp3) is 0.143. The summed E-state index contributed by atoms with van der Waals surface area (Å²) in [6, 6.07) is 14.3. The first kappa shape index (κ1) is 21.3. The molecule has 152 valence electrons. The summed E-state index contributed by atoms with van der Waals surface area (Å²) < 4.78 is 10.3. The van der Waals surface area contributed by atoms with Crippen LogP contribution in [0.4, 0.5) is 0 Å². The van der Waals surface area contributed by atoms with Crippen LogP contribution in [0, 0.1) is 11.3 Å². The van der Waals surface area contributed by atoms with E-state index in [9.17, 15) is 9.59 Å². The Morgan fingerprint density at radius 1 is 1.33 bits per heavy atom. The van der Waals surface area contributed by atoms with Gasteiger partial charge in [-0.3, -0.25) is 14.5 Å². The van der Waals surface area contributed by atoms with Crippen LogP contribution in [0.5, 0.6) is 5.75 Å². The second-order valence-electron chi connectivity index (χ2n) is 6.20. The highest BCUT2D eigenvalue weighted by atomic mass is 35.5.